The van der Waals surface area contributed by atoms with E-state index in [-0.39, 0.29) is 5.91 Å². The summed E-state index contributed by atoms with van der Waals surface area (Å²) in [6.07, 6.45) is 1.95. The molecular weight excluding hydrogens is 236 g/mol. The minimum atomic E-state index is 0.00909. The lowest BCUT2D eigenvalue weighted by Gasteiger charge is -2.29. The van der Waals surface area contributed by atoms with Crippen LogP contribution >= 0.6 is 11.3 Å². The van der Waals surface area contributed by atoms with Crippen LogP contribution in [0.25, 0.3) is 0 Å². The molecule has 3 N–H and O–H groups in total. The summed E-state index contributed by atoms with van der Waals surface area (Å²) >= 11 is 1.46. The number of amides is 1. The van der Waals surface area contributed by atoms with E-state index in [0.29, 0.717) is 17.7 Å². The van der Waals surface area contributed by atoms with Crippen molar-refractivity contribution < 1.29 is 4.79 Å². The second-order valence-electron chi connectivity index (χ2n) is 4.46. The molecule has 0 bridgehead atoms. The smallest absolute Gasteiger partial charge is 0.240 e. The van der Waals surface area contributed by atoms with Crippen LogP contribution in [0, 0.1) is 6.92 Å². The van der Waals surface area contributed by atoms with Crippen molar-refractivity contribution in [3.05, 3.63) is 11.1 Å². The van der Waals surface area contributed by atoms with E-state index in [1.54, 1.807) is 0 Å². The summed E-state index contributed by atoms with van der Waals surface area (Å²) in [5.41, 5.74) is 6.76. The van der Waals surface area contributed by atoms with Crippen molar-refractivity contribution in [1.82, 2.24) is 9.88 Å². The van der Waals surface area contributed by atoms with Gasteiger partial charge in [0.25, 0.3) is 0 Å². The number of hydrogen-bond donors (Lipinski definition) is 2. The molecule has 1 fully saturated rings. The van der Waals surface area contributed by atoms with Crippen molar-refractivity contribution in [1.29, 1.82) is 0 Å². The molecule has 0 aliphatic carbocycles. The van der Waals surface area contributed by atoms with Crippen LogP contribution in [0.3, 0.4) is 0 Å². The fourth-order valence-corrected chi connectivity index (χ4v) is 2.59. The van der Waals surface area contributed by atoms with Gasteiger partial charge in [0.2, 0.25) is 5.91 Å². The number of aromatic nitrogens is 1. The number of likely N-dealkylation sites (tertiary alicyclic amines) is 1. The van der Waals surface area contributed by atoms with Gasteiger partial charge in [-0.2, -0.15) is 0 Å². The Bertz CT molecular complexity index is 385. The molecule has 6 heteroatoms. The summed E-state index contributed by atoms with van der Waals surface area (Å²) in [5, 5.41) is 5.42. The minimum absolute atomic E-state index is 0.00909. The molecule has 0 radical (unpaired) electrons. The molecule has 2 heterocycles. The Labute approximate surface area is 105 Å². The monoisotopic (exact) mass is 254 g/mol. The van der Waals surface area contributed by atoms with E-state index in [0.717, 1.165) is 31.6 Å². The highest BCUT2D eigenvalue weighted by Gasteiger charge is 2.18. The number of carbonyl (C=O) groups excluding carboxylic acids is 1. The second kappa shape index (κ2) is 5.57. The fraction of sp³-hybridized carbons (Fsp3) is 0.636. The molecule has 5 nitrogen and oxygen atoms in total. The third kappa shape index (κ3) is 3.76. The van der Waals surface area contributed by atoms with Crippen molar-refractivity contribution in [3.8, 4) is 0 Å². The first kappa shape index (κ1) is 12.5. The molecule has 0 spiro atoms. The van der Waals surface area contributed by atoms with Gasteiger partial charge in [-0.1, -0.05) is 0 Å². The number of nitrogens with zero attached hydrogens (tertiary/aromatic N) is 2. The number of hydrogen-bond acceptors (Lipinski definition) is 5. The summed E-state index contributed by atoms with van der Waals surface area (Å²) in [5.74, 6) is 0.00909. The molecule has 2 rings (SSSR count). The SMILES string of the molecule is Cc1csc(NC(=O)CN2CCC(N)CC2)n1. The third-order valence-electron chi connectivity index (χ3n) is 2.86. The van der Waals surface area contributed by atoms with E-state index in [4.69, 9.17) is 5.73 Å². The average molecular weight is 254 g/mol. The molecule has 1 amide bonds. The number of nitrogens with one attached hydrogen (secondary N) is 1. The lowest BCUT2D eigenvalue weighted by molar-refractivity contribution is -0.117. The maximum Gasteiger partial charge on any atom is 0.240 e. The van der Waals surface area contributed by atoms with E-state index in [1.807, 2.05) is 12.3 Å². The number of nitrogens with two attached hydrogens (primary N) is 1. The van der Waals surface area contributed by atoms with Crippen molar-refractivity contribution in [3.63, 3.8) is 0 Å². The Balaban J connectivity index is 1.77. The lowest BCUT2D eigenvalue weighted by atomic mass is 10.1. The van der Waals surface area contributed by atoms with Crippen LogP contribution in [0.15, 0.2) is 5.38 Å². The number of anilines is 1. The Hall–Kier alpha value is -0.980. The third-order valence-corrected chi connectivity index (χ3v) is 3.74. The molecule has 1 saturated heterocycles. The van der Waals surface area contributed by atoms with Crippen molar-refractivity contribution >= 4 is 22.4 Å². The van der Waals surface area contributed by atoms with Crippen LogP contribution in [0.4, 0.5) is 5.13 Å². The van der Waals surface area contributed by atoms with Gasteiger partial charge in [-0.15, -0.1) is 11.3 Å². The van der Waals surface area contributed by atoms with Gasteiger partial charge in [0.15, 0.2) is 5.13 Å². The van der Waals surface area contributed by atoms with Crippen LogP contribution in [0.2, 0.25) is 0 Å². The zero-order chi connectivity index (χ0) is 12.3. The highest BCUT2D eigenvalue weighted by Crippen LogP contribution is 2.14. The van der Waals surface area contributed by atoms with Crippen LogP contribution < -0.4 is 11.1 Å². The summed E-state index contributed by atoms with van der Waals surface area (Å²) < 4.78 is 0. The molecule has 0 aromatic carbocycles. The molecule has 0 unspecified atom stereocenters. The Morgan fingerprint density at radius 3 is 2.94 bits per heavy atom. The van der Waals surface area contributed by atoms with Gasteiger partial charge in [-0.05, 0) is 19.8 Å². The van der Waals surface area contributed by atoms with Gasteiger partial charge < -0.3 is 11.1 Å². The van der Waals surface area contributed by atoms with E-state index in [1.165, 1.54) is 11.3 Å². The molecule has 1 aromatic heterocycles. The largest absolute Gasteiger partial charge is 0.328 e. The Kier molecular flexibility index (Phi) is 4.09. The molecule has 0 saturated carbocycles. The number of thiazole rings is 1. The van der Waals surface area contributed by atoms with Gasteiger partial charge in [0, 0.05) is 24.5 Å². The second-order valence-corrected chi connectivity index (χ2v) is 5.31. The predicted octanol–water partition coefficient (Wildman–Crippen LogP) is 0.813. The molecular formula is C11H18N4OS. The maximum absolute atomic E-state index is 11.8. The molecule has 0 atom stereocenters. The van der Waals surface area contributed by atoms with Gasteiger partial charge in [-0.25, -0.2) is 4.98 Å². The highest BCUT2D eigenvalue weighted by atomic mass is 32.1. The average Bonchev–Trinajstić information content (AvgIpc) is 2.67. The van der Waals surface area contributed by atoms with Crippen LogP contribution in [0.5, 0.6) is 0 Å². The van der Waals surface area contributed by atoms with Gasteiger partial charge in [0.1, 0.15) is 0 Å². The predicted molar refractivity (Wildman–Crippen MR) is 69.1 cm³/mol. The summed E-state index contributed by atoms with van der Waals surface area (Å²) in [4.78, 5) is 18.1. The van der Waals surface area contributed by atoms with Crippen LogP contribution in [0.1, 0.15) is 18.5 Å². The van der Waals surface area contributed by atoms with Gasteiger partial charge >= 0.3 is 0 Å². The summed E-state index contributed by atoms with van der Waals surface area (Å²) in [6.45, 7) is 4.17. The maximum atomic E-state index is 11.8. The first-order valence-corrected chi connectivity index (χ1v) is 6.71. The lowest BCUT2D eigenvalue weighted by Crippen LogP contribution is -2.43. The molecule has 94 valence electrons. The first-order valence-electron chi connectivity index (χ1n) is 5.83. The zero-order valence-electron chi connectivity index (χ0n) is 9.98. The number of carbonyl (C=O) groups is 1. The van der Waals surface area contributed by atoms with E-state index >= 15 is 0 Å². The highest BCUT2D eigenvalue weighted by molar-refractivity contribution is 7.13. The first-order chi connectivity index (χ1) is 8.13. The van der Waals surface area contributed by atoms with Gasteiger partial charge in [-0.3, -0.25) is 9.69 Å². The van der Waals surface area contributed by atoms with Crippen molar-refractivity contribution in [2.75, 3.05) is 25.0 Å². The Morgan fingerprint density at radius 2 is 2.35 bits per heavy atom. The van der Waals surface area contributed by atoms with E-state index in [9.17, 15) is 4.79 Å². The summed E-state index contributed by atoms with van der Waals surface area (Å²) in [7, 11) is 0. The van der Waals surface area contributed by atoms with E-state index in [2.05, 4.69) is 15.2 Å². The topological polar surface area (TPSA) is 71.2 Å². The molecule has 1 aromatic rings. The van der Waals surface area contributed by atoms with Crippen molar-refractivity contribution in [2.45, 2.75) is 25.8 Å². The minimum Gasteiger partial charge on any atom is -0.328 e. The number of piperidine rings is 1. The van der Waals surface area contributed by atoms with Crippen LogP contribution in [-0.2, 0) is 4.79 Å². The standard InChI is InChI=1S/C11H18N4OS/c1-8-7-17-11(13-8)14-10(16)6-15-4-2-9(12)3-5-15/h7,9H,2-6,12H2,1H3,(H,13,14,16). The summed E-state index contributed by atoms with van der Waals surface area (Å²) in [6, 6.07) is 0.302. The quantitative estimate of drug-likeness (QED) is 0.837. The molecule has 1 aliphatic heterocycles. The zero-order valence-corrected chi connectivity index (χ0v) is 10.8. The number of aryl methyl sites for hydroxylation is 1. The Morgan fingerprint density at radius 1 is 1.65 bits per heavy atom. The van der Waals surface area contributed by atoms with Gasteiger partial charge in [0.05, 0.1) is 12.2 Å². The molecule has 1 aliphatic rings. The van der Waals surface area contributed by atoms with Crippen LogP contribution in [-0.4, -0.2) is 41.5 Å². The van der Waals surface area contributed by atoms with Crippen molar-refractivity contribution in [2.24, 2.45) is 5.73 Å². The van der Waals surface area contributed by atoms with E-state index < -0.39 is 0 Å². The number of rotatable bonds is 3. The fourth-order valence-electron chi connectivity index (χ4n) is 1.88. The molecule has 17 heavy (non-hydrogen) atoms. The normalized spacial score (nSPS) is 18.2.